The molecule has 0 fully saturated rings. The first-order valence-electron chi connectivity index (χ1n) is 11.9. The molecule has 37 heavy (non-hydrogen) atoms. The summed E-state index contributed by atoms with van der Waals surface area (Å²) >= 11 is 2.20. The average molecular weight is 602 g/mol. The van der Waals surface area contributed by atoms with Gasteiger partial charge in [-0.3, -0.25) is 4.79 Å². The monoisotopic (exact) mass is 602 g/mol. The maximum absolute atomic E-state index is 13.6. The smallest absolute Gasteiger partial charge is 0.336 e. The van der Waals surface area contributed by atoms with Gasteiger partial charge in [0.1, 0.15) is 12.4 Å². The Kier molecular flexibility index (Phi) is 6.85. The fourth-order valence-electron chi connectivity index (χ4n) is 4.87. The number of benzene rings is 3. The van der Waals surface area contributed by atoms with E-state index in [-0.39, 0.29) is 19.0 Å². The second-order valence-corrected chi connectivity index (χ2v) is 9.89. The molecule has 184 valence electrons. The SMILES string of the molecule is CCOC(=O)C1=C(C)NC2=C(C(=O)c3ccccc32)[C@@H]1c1ccc(OCc2ccccc2C#N)c(I)c1. The molecule has 2 aliphatic rings. The van der Waals surface area contributed by atoms with Crippen molar-refractivity contribution in [1.29, 1.82) is 5.26 Å². The number of allylic oxidation sites excluding steroid dienone is 2. The number of carbonyl (C=O) groups is 2. The lowest BCUT2D eigenvalue weighted by molar-refractivity contribution is -0.138. The molecule has 1 heterocycles. The Morgan fingerprint density at radius 2 is 1.81 bits per heavy atom. The van der Waals surface area contributed by atoms with E-state index in [0.29, 0.717) is 33.7 Å². The Hall–Kier alpha value is -3.90. The first-order valence-corrected chi connectivity index (χ1v) is 13.0. The summed E-state index contributed by atoms with van der Waals surface area (Å²) in [4.78, 5) is 26.7. The van der Waals surface area contributed by atoms with Gasteiger partial charge in [-0.15, -0.1) is 0 Å². The maximum Gasteiger partial charge on any atom is 0.336 e. The fraction of sp³-hybridized carbons (Fsp3) is 0.167. The Morgan fingerprint density at radius 3 is 2.54 bits per heavy atom. The number of hydrogen-bond donors (Lipinski definition) is 1. The van der Waals surface area contributed by atoms with E-state index in [2.05, 4.69) is 34.0 Å². The zero-order valence-electron chi connectivity index (χ0n) is 20.3. The van der Waals surface area contributed by atoms with E-state index in [4.69, 9.17) is 9.47 Å². The zero-order valence-corrected chi connectivity index (χ0v) is 22.5. The van der Waals surface area contributed by atoms with Crippen molar-refractivity contribution in [3.8, 4) is 11.8 Å². The Labute approximate surface area is 228 Å². The van der Waals surface area contributed by atoms with E-state index in [0.717, 1.165) is 26.0 Å². The van der Waals surface area contributed by atoms with E-state index < -0.39 is 11.9 Å². The summed E-state index contributed by atoms with van der Waals surface area (Å²) < 4.78 is 12.3. The van der Waals surface area contributed by atoms with Crippen LogP contribution in [0, 0.1) is 14.9 Å². The molecule has 1 aliphatic heterocycles. The second kappa shape index (κ2) is 10.2. The summed E-state index contributed by atoms with van der Waals surface area (Å²) in [6.07, 6.45) is 0. The van der Waals surface area contributed by atoms with Crippen LogP contribution in [0.4, 0.5) is 0 Å². The van der Waals surface area contributed by atoms with E-state index in [1.165, 1.54) is 0 Å². The van der Waals surface area contributed by atoms with Crippen molar-refractivity contribution in [1.82, 2.24) is 5.32 Å². The number of esters is 1. The number of hydrogen-bond acceptors (Lipinski definition) is 6. The van der Waals surface area contributed by atoms with Gasteiger partial charge in [-0.2, -0.15) is 5.26 Å². The molecule has 0 unspecified atom stereocenters. The van der Waals surface area contributed by atoms with Gasteiger partial charge < -0.3 is 14.8 Å². The van der Waals surface area contributed by atoms with Crippen molar-refractivity contribution < 1.29 is 19.1 Å². The maximum atomic E-state index is 13.6. The molecule has 1 N–H and O–H groups in total. The van der Waals surface area contributed by atoms with Crippen LogP contribution in [0.2, 0.25) is 0 Å². The highest BCUT2D eigenvalue weighted by molar-refractivity contribution is 14.1. The molecule has 1 aliphatic carbocycles. The number of ketones is 1. The zero-order chi connectivity index (χ0) is 26.1. The van der Waals surface area contributed by atoms with Crippen LogP contribution < -0.4 is 10.1 Å². The molecule has 0 saturated heterocycles. The van der Waals surface area contributed by atoms with Gasteiger partial charge in [-0.25, -0.2) is 4.79 Å². The highest BCUT2D eigenvalue weighted by Crippen LogP contribution is 2.47. The third kappa shape index (κ3) is 4.42. The van der Waals surface area contributed by atoms with Crippen LogP contribution in [-0.2, 0) is 16.1 Å². The van der Waals surface area contributed by atoms with Crippen LogP contribution in [0.1, 0.15) is 52.4 Å². The van der Waals surface area contributed by atoms with Gasteiger partial charge in [0.05, 0.1) is 33.1 Å². The number of rotatable bonds is 6. The average Bonchev–Trinajstić information content (AvgIpc) is 3.18. The van der Waals surface area contributed by atoms with Crippen LogP contribution in [0.25, 0.3) is 5.70 Å². The van der Waals surface area contributed by atoms with Crippen LogP contribution >= 0.6 is 22.6 Å². The van der Waals surface area contributed by atoms with E-state index in [1.54, 1.807) is 13.0 Å². The molecule has 1 atom stereocenters. The minimum atomic E-state index is -0.586. The van der Waals surface area contributed by atoms with Crippen molar-refractivity contribution in [2.45, 2.75) is 26.4 Å². The molecular weight excluding hydrogens is 579 g/mol. The van der Waals surface area contributed by atoms with Crippen molar-refractivity contribution in [2.75, 3.05) is 6.61 Å². The summed E-state index contributed by atoms with van der Waals surface area (Å²) in [5.41, 5.74) is 5.99. The Balaban J connectivity index is 1.54. The first-order chi connectivity index (χ1) is 17.9. The predicted octanol–water partition coefficient (Wildman–Crippen LogP) is 5.87. The number of fused-ring (bicyclic) bond motifs is 2. The van der Waals surface area contributed by atoms with E-state index >= 15 is 0 Å². The van der Waals surface area contributed by atoms with Gasteiger partial charge in [0.2, 0.25) is 0 Å². The van der Waals surface area contributed by atoms with Gasteiger partial charge in [0.15, 0.2) is 5.78 Å². The minimum Gasteiger partial charge on any atom is -0.488 e. The molecule has 0 spiro atoms. The van der Waals surface area contributed by atoms with Crippen molar-refractivity contribution in [3.05, 3.63) is 115 Å². The number of dihydropyridines is 1. The van der Waals surface area contributed by atoms with Crippen LogP contribution in [0.3, 0.4) is 0 Å². The number of carbonyl (C=O) groups excluding carboxylic acids is 2. The van der Waals surface area contributed by atoms with Crippen LogP contribution in [0.5, 0.6) is 5.75 Å². The molecule has 0 aromatic heterocycles. The Morgan fingerprint density at radius 1 is 1.08 bits per heavy atom. The van der Waals surface area contributed by atoms with E-state index in [1.807, 2.05) is 67.6 Å². The molecule has 0 bridgehead atoms. The van der Waals surface area contributed by atoms with E-state index in [9.17, 15) is 14.9 Å². The van der Waals surface area contributed by atoms with Crippen molar-refractivity contribution >= 4 is 40.0 Å². The molecule has 3 aromatic rings. The number of ether oxygens (including phenoxy) is 2. The molecule has 0 amide bonds. The van der Waals surface area contributed by atoms with Gasteiger partial charge in [-0.1, -0.05) is 48.5 Å². The third-order valence-corrected chi connectivity index (χ3v) is 7.40. The van der Waals surface area contributed by atoms with Crippen LogP contribution in [-0.4, -0.2) is 18.4 Å². The highest BCUT2D eigenvalue weighted by Gasteiger charge is 2.43. The van der Waals surface area contributed by atoms with Gasteiger partial charge in [-0.05, 0) is 60.2 Å². The number of nitrogens with zero attached hydrogens (tertiary/aromatic N) is 1. The predicted molar refractivity (Wildman–Crippen MR) is 148 cm³/mol. The summed E-state index contributed by atoms with van der Waals surface area (Å²) in [7, 11) is 0. The minimum absolute atomic E-state index is 0.0964. The highest BCUT2D eigenvalue weighted by atomic mass is 127. The van der Waals surface area contributed by atoms with Gasteiger partial charge in [0, 0.05) is 33.9 Å². The van der Waals surface area contributed by atoms with Crippen LogP contribution in [0.15, 0.2) is 83.6 Å². The van der Waals surface area contributed by atoms with Gasteiger partial charge >= 0.3 is 5.97 Å². The lowest BCUT2D eigenvalue weighted by Crippen LogP contribution is -2.29. The lowest BCUT2D eigenvalue weighted by Gasteiger charge is -2.29. The fourth-order valence-corrected chi connectivity index (χ4v) is 5.56. The topological polar surface area (TPSA) is 88.4 Å². The molecule has 7 heteroatoms. The molecule has 5 rings (SSSR count). The second-order valence-electron chi connectivity index (χ2n) is 8.73. The first kappa shape index (κ1) is 24.8. The lowest BCUT2D eigenvalue weighted by atomic mass is 9.80. The number of Topliss-reactive ketones (excluding diaryl/α,β-unsaturated/α-hetero) is 1. The van der Waals surface area contributed by atoms with Gasteiger partial charge in [0.25, 0.3) is 0 Å². The number of nitriles is 1. The quantitative estimate of drug-likeness (QED) is 0.281. The van der Waals surface area contributed by atoms with Crippen molar-refractivity contribution in [3.63, 3.8) is 0 Å². The molecule has 0 radical (unpaired) electrons. The largest absolute Gasteiger partial charge is 0.488 e. The molecule has 6 nitrogen and oxygen atoms in total. The molecular formula is C30H23IN2O4. The summed E-state index contributed by atoms with van der Waals surface area (Å²) in [6, 6.07) is 22.7. The number of halogens is 1. The standard InChI is InChI=1S/C30H23IN2O4/c1-3-36-30(35)25-17(2)33-28-21-10-6-7-11-22(21)29(34)27(28)26(25)18-12-13-24(23(31)14-18)37-16-20-9-5-4-8-19(20)15-32/h4-14,26,33H,3,16H2,1-2H3/t26-/m1/s1. The molecule has 0 saturated carbocycles. The molecule has 3 aromatic carbocycles. The summed E-state index contributed by atoms with van der Waals surface area (Å²) in [6.45, 7) is 4.09. The summed E-state index contributed by atoms with van der Waals surface area (Å²) in [5.74, 6) is -0.478. The van der Waals surface area contributed by atoms with Crippen molar-refractivity contribution in [2.24, 2.45) is 0 Å². The third-order valence-electron chi connectivity index (χ3n) is 6.55. The normalized spacial score (nSPS) is 16.1. The Bertz CT molecular complexity index is 1550. The number of nitrogens with one attached hydrogen (secondary N) is 1. The summed E-state index contributed by atoms with van der Waals surface area (Å²) in [5, 5.41) is 12.7.